The first-order chi connectivity index (χ1) is 18.3. The van der Waals surface area contributed by atoms with E-state index in [9.17, 15) is 14.9 Å². The van der Waals surface area contributed by atoms with E-state index in [4.69, 9.17) is 0 Å². The van der Waals surface area contributed by atoms with Crippen molar-refractivity contribution in [3.05, 3.63) is 114 Å². The van der Waals surface area contributed by atoms with Gasteiger partial charge in [-0.25, -0.2) is 0 Å². The maximum Gasteiger partial charge on any atom is 0.248 e. The number of ketones is 1. The molecule has 0 unspecified atom stereocenters. The zero-order valence-corrected chi connectivity index (χ0v) is 21.5. The van der Waals surface area contributed by atoms with Gasteiger partial charge < -0.3 is 9.47 Å². The summed E-state index contributed by atoms with van der Waals surface area (Å²) in [6, 6.07) is 23.5. The maximum atomic E-state index is 14.7. The lowest BCUT2D eigenvalue weighted by molar-refractivity contribution is -0.124. The van der Waals surface area contributed by atoms with E-state index in [1.54, 1.807) is 11.0 Å². The molecule has 1 atom stereocenters. The number of allylic oxidation sites excluding steroid dienone is 1. The van der Waals surface area contributed by atoms with Gasteiger partial charge in [0, 0.05) is 53.6 Å². The van der Waals surface area contributed by atoms with Crippen molar-refractivity contribution in [2.45, 2.75) is 32.1 Å². The molecule has 3 aliphatic rings. The molecular weight excluding hydrogens is 472 g/mol. The van der Waals surface area contributed by atoms with E-state index >= 15 is 0 Å². The normalized spacial score (nSPS) is 22.0. The molecule has 1 amide bonds. The zero-order chi connectivity index (χ0) is 26.7. The molecule has 2 aliphatic heterocycles. The van der Waals surface area contributed by atoms with Gasteiger partial charge in [-0.3, -0.25) is 14.5 Å². The fourth-order valence-electron chi connectivity index (χ4n) is 6.39. The molecule has 188 valence electrons. The van der Waals surface area contributed by atoms with Gasteiger partial charge in [0.05, 0.1) is 5.57 Å². The fourth-order valence-corrected chi connectivity index (χ4v) is 6.39. The molecule has 1 spiro atoms. The van der Waals surface area contributed by atoms with E-state index < -0.39 is 5.41 Å². The predicted octanol–water partition coefficient (Wildman–Crippen LogP) is 5.81. The summed E-state index contributed by atoms with van der Waals surface area (Å²) in [5.74, 6) is 0.185. The number of Topliss-reactive ketones (excluding diaryl/α,β-unsaturated/α-hetero) is 1. The second-order valence-electron chi connectivity index (χ2n) is 10.8. The molecule has 0 saturated heterocycles. The summed E-state index contributed by atoms with van der Waals surface area (Å²) in [6.07, 6.45) is 6.31. The van der Waals surface area contributed by atoms with E-state index in [2.05, 4.69) is 26.5 Å². The van der Waals surface area contributed by atoms with E-state index in [-0.39, 0.29) is 29.2 Å². The van der Waals surface area contributed by atoms with E-state index in [0.717, 1.165) is 11.4 Å². The Bertz CT molecular complexity index is 1590. The molecule has 38 heavy (non-hydrogen) atoms. The van der Waals surface area contributed by atoms with Crippen LogP contribution >= 0.6 is 0 Å². The lowest BCUT2D eigenvalue weighted by atomic mass is 9.60. The molecular formula is C32H28N4O2. The van der Waals surface area contributed by atoms with Gasteiger partial charge in [0.1, 0.15) is 17.3 Å². The Kier molecular flexibility index (Phi) is 5.29. The number of hydrogen-bond acceptors (Lipinski definition) is 4. The Morgan fingerprint density at radius 3 is 2.34 bits per heavy atom. The van der Waals surface area contributed by atoms with Gasteiger partial charge >= 0.3 is 0 Å². The van der Waals surface area contributed by atoms with Gasteiger partial charge in [-0.2, -0.15) is 5.26 Å². The Balaban J connectivity index is 1.80. The van der Waals surface area contributed by atoms with Crippen molar-refractivity contribution in [3.63, 3.8) is 0 Å². The molecule has 6 rings (SSSR count). The van der Waals surface area contributed by atoms with Crippen LogP contribution in [-0.2, 0) is 15.0 Å². The molecule has 0 bridgehead atoms. The smallest absolute Gasteiger partial charge is 0.248 e. The molecule has 3 aromatic rings. The quantitative estimate of drug-likeness (QED) is 0.424. The molecule has 6 nitrogen and oxygen atoms in total. The molecule has 1 aliphatic carbocycles. The number of anilines is 2. The first-order valence-electron chi connectivity index (χ1n) is 12.8. The number of para-hydroxylation sites is 2. The van der Waals surface area contributed by atoms with Gasteiger partial charge in [-0.05, 0) is 42.2 Å². The highest BCUT2D eigenvalue weighted by Crippen LogP contribution is 2.59. The second-order valence-corrected chi connectivity index (χ2v) is 10.8. The molecule has 3 heterocycles. The highest BCUT2D eigenvalue weighted by molar-refractivity contribution is 6.22. The Hall–Kier alpha value is -4.63. The summed E-state index contributed by atoms with van der Waals surface area (Å²) in [6.45, 7) is 8.30. The van der Waals surface area contributed by atoms with E-state index in [1.165, 1.54) is 0 Å². The molecule has 0 saturated carbocycles. The van der Waals surface area contributed by atoms with Crippen LogP contribution in [0.5, 0.6) is 0 Å². The molecule has 6 heteroatoms. The maximum absolute atomic E-state index is 14.7. The average Bonchev–Trinajstić information content (AvgIpc) is 3.51. The summed E-state index contributed by atoms with van der Waals surface area (Å²) < 4.78 is 1.88. The minimum absolute atomic E-state index is 0.0971. The largest absolute Gasteiger partial charge is 0.309 e. The van der Waals surface area contributed by atoms with Crippen molar-refractivity contribution in [1.82, 2.24) is 4.57 Å². The van der Waals surface area contributed by atoms with Gasteiger partial charge in [-0.15, -0.1) is 6.58 Å². The van der Waals surface area contributed by atoms with Crippen LogP contribution in [0.2, 0.25) is 0 Å². The van der Waals surface area contributed by atoms with E-state index in [0.29, 0.717) is 35.5 Å². The Morgan fingerprint density at radius 1 is 0.974 bits per heavy atom. The first kappa shape index (κ1) is 23.7. The topological polar surface area (TPSA) is 69.3 Å². The summed E-state index contributed by atoms with van der Waals surface area (Å²) in [5.41, 5.74) is 1.77. The summed E-state index contributed by atoms with van der Waals surface area (Å²) in [4.78, 5) is 32.6. The van der Waals surface area contributed by atoms with Crippen molar-refractivity contribution in [2.24, 2.45) is 5.41 Å². The monoisotopic (exact) mass is 500 g/mol. The van der Waals surface area contributed by atoms with E-state index in [1.807, 2.05) is 88.6 Å². The van der Waals surface area contributed by atoms with Crippen molar-refractivity contribution >= 4 is 28.9 Å². The average molecular weight is 501 g/mol. The van der Waals surface area contributed by atoms with Crippen molar-refractivity contribution in [1.29, 1.82) is 5.26 Å². The minimum atomic E-state index is -1.54. The number of carbonyl (C=O) groups excluding carboxylic acids is 2. The van der Waals surface area contributed by atoms with Gasteiger partial charge in [0.15, 0.2) is 5.78 Å². The molecule has 0 radical (unpaired) electrons. The number of nitriles is 1. The summed E-state index contributed by atoms with van der Waals surface area (Å²) >= 11 is 0. The van der Waals surface area contributed by atoms with Crippen molar-refractivity contribution in [3.8, 4) is 6.07 Å². The molecule has 0 N–H and O–H groups in total. The minimum Gasteiger partial charge on any atom is -0.309 e. The zero-order valence-electron chi connectivity index (χ0n) is 21.5. The van der Waals surface area contributed by atoms with Crippen LogP contribution in [0.4, 0.5) is 11.4 Å². The third kappa shape index (κ3) is 3.12. The summed E-state index contributed by atoms with van der Waals surface area (Å²) in [5, 5.41) is 10.9. The SMILES string of the molecule is C=CCN1C(=O)[C@]2(C(C#N)=C(n3cccc3)N(c3ccccc3)C3=C2C(=O)CC(C)(C)C3)c2ccccc21. The number of hydrogen-bond donors (Lipinski definition) is 0. The standard InChI is InChI=1S/C32H28N4O2/c1-4-16-35-25-15-9-8-14-23(25)32(30(35)38)24(21-33)29(34-17-10-11-18-34)36(22-12-6-5-7-13-22)26-19-31(2,3)20-27(37)28(26)32/h4-15,17-18H,1,16,19-20H2,2-3H3/t32-/m0/s1. The van der Waals surface area contributed by atoms with Gasteiger partial charge in [0.2, 0.25) is 5.91 Å². The van der Waals surface area contributed by atoms with Crippen LogP contribution in [0.25, 0.3) is 5.82 Å². The second kappa shape index (κ2) is 8.46. The Morgan fingerprint density at radius 2 is 1.66 bits per heavy atom. The lowest BCUT2D eigenvalue weighted by Gasteiger charge is -2.47. The molecule has 1 aromatic heterocycles. The third-order valence-electron chi connectivity index (χ3n) is 7.76. The number of fused-ring (bicyclic) bond motifs is 3. The molecule has 2 aromatic carbocycles. The van der Waals surface area contributed by atoms with Crippen LogP contribution in [0.3, 0.4) is 0 Å². The predicted molar refractivity (Wildman–Crippen MR) is 148 cm³/mol. The number of benzene rings is 2. The van der Waals surface area contributed by atoms with Crippen molar-refractivity contribution < 1.29 is 9.59 Å². The first-order valence-corrected chi connectivity index (χ1v) is 12.8. The van der Waals surface area contributed by atoms with Crippen LogP contribution < -0.4 is 9.80 Å². The number of amides is 1. The highest BCUT2D eigenvalue weighted by atomic mass is 16.2. The summed E-state index contributed by atoms with van der Waals surface area (Å²) in [7, 11) is 0. The van der Waals surface area contributed by atoms with Crippen molar-refractivity contribution in [2.75, 3.05) is 16.3 Å². The highest BCUT2D eigenvalue weighted by Gasteiger charge is 2.63. The van der Waals surface area contributed by atoms with Gasteiger partial charge in [0.25, 0.3) is 0 Å². The Labute approximate surface area is 222 Å². The number of nitrogens with zero attached hydrogens (tertiary/aromatic N) is 4. The van der Waals surface area contributed by atoms with Gasteiger partial charge in [-0.1, -0.05) is 56.3 Å². The number of rotatable bonds is 4. The number of aromatic nitrogens is 1. The van der Waals surface area contributed by atoms with Crippen LogP contribution in [0, 0.1) is 16.7 Å². The third-order valence-corrected chi connectivity index (χ3v) is 7.76. The van der Waals surface area contributed by atoms with Crippen LogP contribution in [-0.4, -0.2) is 22.8 Å². The van der Waals surface area contributed by atoms with Crippen LogP contribution in [0.1, 0.15) is 32.3 Å². The fraction of sp³-hybridized carbons (Fsp3) is 0.219. The number of carbonyl (C=O) groups is 2. The molecule has 0 fully saturated rings. The van der Waals surface area contributed by atoms with Crippen LogP contribution in [0.15, 0.2) is 109 Å². The lowest BCUT2D eigenvalue weighted by Crippen LogP contribution is -2.53.